The summed E-state index contributed by atoms with van der Waals surface area (Å²) in [4.78, 5) is 0. The zero-order chi connectivity index (χ0) is 8.27. The van der Waals surface area contributed by atoms with Gasteiger partial charge in [-0.05, 0) is 24.8 Å². The molecule has 0 atom stereocenters. The Hall–Kier alpha value is -0.780. The Balaban J connectivity index is 2.85. The van der Waals surface area contributed by atoms with Crippen molar-refractivity contribution in [3.63, 3.8) is 0 Å². The lowest BCUT2D eigenvalue weighted by atomic mass is 9.96. The van der Waals surface area contributed by atoms with Gasteiger partial charge in [-0.15, -0.1) is 0 Å². The minimum absolute atomic E-state index is 0.664. The van der Waals surface area contributed by atoms with E-state index in [1.807, 2.05) is 0 Å². The molecule has 0 heterocycles. The fourth-order valence-corrected chi connectivity index (χ4v) is 1.12. The van der Waals surface area contributed by atoms with E-state index in [2.05, 4.69) is 45.1 Å². The highest BCUT2D eigenvalue weighted by Gasteiger charge is 2.01. The largest absolute Gasteiger partial charge is 0.0801 e. The Labute approximate surface area is 69.3 Å². The quantitative estimate of drug-likeness (QED) is 0.534. The second-order valence-corrected chi connectivity index (χ2v) is 3.33. The molecule has 0 aromatic heterocycles. The fraction of sp³-hybridized carbons (Fsp3) is 0.455. The van der Waals surface area contributed by atoms with E-state index in [0.29, 0.717) is 5.92 Å². The van der Waals surface area contributed by atoms with Crippen LogP contribution in [0.4, 0.5) is 0 Å². The lowest BCUT2D eigenvalue weighted by Crippen LogP contribution is -1.93. The van der Waals surface area contributed by atoms with E-state index < -0.39 is 0 Å². The highest BCUT2D eigenvalue weighted by atomic mass is 14.1. The van der Waals surface area contributed by atoms with Gasteiger partial charge in [-0.1, -0.05) is 43.7 Å². The van der Waals surface area contributed by atoms with E-state index in [9.17, 15) is 0 Å². The summed E-state index contributed by atoms with van der Waals surface area (Å²) in [6, 6.07) is 0. The van der Waals surface area contributed by atoms with Crippen molar-refractivity contribution >= 4 is 0 Å². The van der Waals surface area contributed by atoms with Crippen LogP contribution >= 0.6 is 0 Å². The van der Waals surface area contributed by atoms with Crippen LogP contribution < -0.4 is 0 Å². The molecule has 0 heteroatoms. The van der Waals surface area contributed by atoms with Crippen LogP contribution in [-0.4, -0.2) is 0 Å². The molecule has 0 aromatic rings. The van der Waals surface area contributed by atoms with Gasteiger partial charge in [-0.25, -0.2) is 0 Å². The van der Waals surface area contributed by atoms with Crippen LogP contribution in [0.1, 0.15) is 27.2 Å². The van der Waals surface area contributed by atoms with Crippen LogP contribution in [0, 0.1) is 5.92 Å². The van der Waals surface area contributed by atoms with E-state index >= 15 is 0 Å². The third-order valence-electron chi connectivity index (χ3n) is 2.19. The Morgan fingerprint density at radius 2 is 1.82 bits per heavy atom. The summed E-state index contributed by atoms with van der Waals surface area (Å²) in [6.45, 7) is 6.68. The fourth-order valence-electron chi connectivity index (χ4n) is 1.12. The lowest BCUT2D eigenvalue weighted by Gasteiger charge is -2.10. The molecule has 0 bridgehead atoms. The molecule has 0 aliphatic heterocycles. The molecule has 0 saturated heterocycles. The number of hydrogen-bond acceptors (Lipinski definition) is 0. The van der Waals surface area contributed by atoms with Gasteiger partial charge in [0.25, 0.3) is 0 Å². The van der Waals surface area contributed by atoms with Gasteiger partial charge in [0.05, 0.1) is 0 Å². The zero-order valence-corrected chi connectivity index (χ0v) is 7.59. The van der Waals surface area contributed by atoms with Crippen molar-refractivity contribution in [1.29, 1.82) is 0 Å². The van der Waals surface area contributed by atoms with Crippen molar-refractivity contribution in [3.8, 4) is 0 Å². The van der Waals surface area contributed by atoms with E-state index in [4.69, 9.17) is 0 Å². The molecule has 11 heavy (non-hydrogen) atoms. The summed E-state index contributed by atoms with van der Waals surface area (Å²) in [5.41, 5.74) is 2.88. The summed E-state index contributed by atoms with van der Waals surface area (Å²) in [5, 5.41) is 0. The van der Waals surface area contributed by atoms with E-state index in [0.717, 1.165) is 6.42 Å². The Morgan fingerprint density at radius 1 is 1.27 bits per heavy atom. The van der Waals surface area contributed by atoms with Crippen LogP contribution in [0.25, 0.3) is 0 Å². The van der Waals surface area contributed by atoms with Gasteiger partial charge in [-0.3, -0.25) is 0 Å². The maximum absolute atomic E-state index is 2.23. The molecule has 1 rings (SSSR count). The van der Waals surface area contributed by atoms with Gasteiger partial charge in [0.1, 0.15) is 0 Å². The van der Waals surface area contributed by atoms with Crippen LogP contribution in [0.2, 0.25) is 0 Å². The molecule has 0 amide bonds. The first-order valence-corrected chi connectivity index (χ1v) is 4.25. The first-order chi connectivity index (χ1) is 5.22. The monoisotopic (exact) mass is 148 g/mol. The molecule has 0 aromatic carbocycles. The standard InChI is InChI=1S/C11H16/c1-9(2)10(3)11-7-5-4-6-8-11/h5-9H,4H2,1-3H3. The maximum Gasteiger partial charge on any atom is -0.0163 e. The molecule has 0 unspecified atom stereocenters. The first-order valence-electron chi connectivity index (χ1n) is 4.25. The number of rotatable bonds is 1. The maximum atomic E-state index is 2.23. The van der Waals surface area contributed by atoms with E-state index in [1.165, 1.54) is 11.1 Å². The minimum Gasteiger partial charge on any atom is -0.0801 e. The summed E-state index contributed by atoms with van der Waals surface area (Å²) in [6.07, 6.45) is 9.95. The molecule has 60 valence electrons. The van der Waals surface area contributed by atoms with Crippen LogP contribution in [0.3, 0.4) is 0 Å². The average molecular weight is 148 g/mol. The molecule has 1 aliphatic rings. The third-order valence-corrected chi connectivity index (χ3v) is 2.19. The average Bonchev–Trinajstić information content (AvgIpc) is 2.05. The smallest absolute Gasteiger partial charge is 0.0163 e. The second-order valence-electron chi connectivity index (χ2n) is 3.33. The minimum atomic E-state index is 0.664. The Morgan fingerprint density at radius 3 is 2.27 bits per heavy atom. The van der Waals surface area contributed by atoms with Crippen molar-refractivity contribution in [1.82, 2.24) is 0 Å². The zero-order valence-electron chi connectivity index (χ0n) is 7.59. The third kappa shape index (κ3) is 2.07. The van der Waals surface area contributed by atoms with E-state index in [1.54, 1.807) is 0 Å². The summed E-state index contributed by atoms with van der Waals surface area (Å²) < 4.78 is 0. The van der Waals surface area contributed by atoms with Crippen molar-refractivity contribution in [2.24, 2.45) is 5.92 Å². The topological polar surface area (TPSA) is 0 Å². The molecule has 0 nitrogen and oxygen atoms in total. The highest BCUT2D eigenvalue weighted by molar-refractivity contribution is 5.38. The summed E-state index contributed by atoms with van der Waals surface area (Å²) >= 11 is 0. The van der Waals surface area contributed by atoms with Crippen molar-refractivity contribution < 1.29 is 0 Å². The van der Waals surface area contributed by atoms with Crippen molar-refractivity contribution in [2.75, 3.05) is 0 Å². The number of hydrogen-bond donors (Lipinski definition) is 0. The highest BCUT2D eigenvalue weighted by Crippen LogP contribution is 2.18. The summed E-state index contributed by atoms with van der Waals surface area (Å²) in [7, 11) is 0. The van der Waals surface area contributed by atoms with Crippen LogP contribution in [0.15, 0.2) is 35.5 Å². The van der Waals surface area contributed by atoms with Crippen molar-refractivity contribution in [3.05, 3.63) is 35.5 Å². The molecule has 0 radical (unpaired) electrons. The van der Waals surface area contributed by atoms with Gasteiger partial charge in [0.2, 0.25) is 0 Å². The van der Waals surface area contributed by atoms with E-state index in [-0.39, 0.29) is 0 Å². The first kappa shape index (κ1) is 8.32. The predicted molar refractivity (Wildman–Crippen MR) is 50.4 cm³/mol. The number of allylic oxidation sites excluding steroid dienone is 6. The lowest BCUT2D eigenvalue weighted by molar-refractivity contribution is 0.763. The Bertz CT molecular complexity index is 200. The van der Waals surface area contributed by atoms with Gasteiger partial charge < -0.3 is 0 Å². The van der Waals surface area contributed by atoms with Crippen molar-refractivity contribution in [2.45, 2.75) is 27.2 Å². The van der Waals surface area contributed by atoms with Gasteiger partial charge >= 0.3 is 0 Å². The van der Waals surface area contributed by atoms with Crippen LogP contribution in [-0.2, 0) is 0 Å². The molecule has 0 saturated carbocycles. The molecule has 0 N–H and O–H groups in total. The normalized spacial score (nSPS) is 16.2. The Kier molecular flexibility index (Phi) is 2.70. The second kappa shape index (κ2) is 3.56. The molecular weight excluding hydrogens is 132 g/mol. The SMILES string of the molecule is CC(=C1C=CCC=C1)C(C)C. The summed E-state index contributed by atoms with van der Waals surface area (Å²) in [5.74, 6) is 0.664. The molecule has 1 aliphatic carbocycles. The van der Waals surface area contributed by atoms with Crippen LogP contribution in [0.5, 0.6) is 0 Å². The van der Waals surface area contributed by atoms with Gasteiger partial charge in [-0.2, -0.15) is 0 Å². The molecule has 0 spiro atoms. The molecule has 0 fully saturated rings. The predicted octanol–water partition coefficient (Wildman–Crippen LogP) is 3.48. The van der Waals surface area contributed by atoms with Gasteiger partial charge in [0, 0.05) is 0 Å². The van der Waals surface area contributed by atoms with Gasteiger partial charge in [0.15, 0.2) is 0 Å². The molecular formula is C11H16.